The monoisotopic (exact) mass is 377 g/mol. The van der Waals surface area contributed by atoms with Crippen LogP contribution < -0.4 is 16.4 Å². The van der Waals surface area contributed by atoms with Gasteiger partial charge in [-0.1, -0.05) is 54.6 Å². The van der Waals surface area contributed by atoms with Crippen molar-refractivity contribution in [2.45, 2.75) is 25.9 Å². The van der Waals surface area contributed by atoms with Crippen LogP contribution in [0.3, 0.4) is 0 Å². The molecular weight excluding hydrogens is 354 g/mol. The summed E-state index contributed by atoms with van der Waals surface area (Å²) in [5, 5.41) is 9.80. The lowest BCUT2D eigenvalue weighted by molar-refractivity contribution is -0.116. The van der Waals surface area contributed by atoms with Crippen LogP contribution in [0.25, 0.3) is 0 Å². The molecule has 1 heterocycles. The van der Waals surface area contributed by atoms with Gasteiger partial charge in [-0.2, -0.15) is 5.10 Å². The molecule has 4 N–H and O–H groups in total. The smallest absolute Gasteiger partial charge is 0.312 e. The van der Waals surface area contributed by atoms with E-state index in [1.54, 1.807) is 10.7 Å². The Morgan fingerprint density at radius 1 is 1.07 bits per heavy atom. The molecule has 0 radical (unpaired) electrons. The molecule has 28 heavy (non-hydrogen) atoms. The zero-order valence-electron chi connectivity index (χ0n) is 15.6. The van der Waals surface area contributed by atoms with E-state index in [1.807, 2.05) is 67.7 Å². The Bertz CT molecular complexity index is 952. The van der Waals surface area contributed by atoms with Crippen molar-refractivity contribution in [2.75, 3.05) is 5.32 Å². The molecule has 144 valence electrons. The second-order valence-corrected chi connectivity index (χ2v) is 6.55. The Balaban J connectivity index is 1.65. The van der Waals surface area contributed by atoms with Crippen LogP contribution in [0.1, 0.15) is 29.2 Å². The van der Waals surface area contributed by atoms with Crippen LogP contribution in [-0.4, -0.2) is 21.7 Å². The Kier molecular flexibility index (Phi) is 6.06. The van der Waals surface area contributed by atoms with Crippen LogP contribution >= 0.6 is 0 Å². The molecule has 0 bridgehead atoms. The molecule has 1 aromatic heterocycles. The molecule has 3 rings (SSSR count). The summed E-state index contributed by atoms with van der Waals surface area (Å²) in [5.74, 6) is 0.204. The molecule has 3 amide bonds. The zero-order valence-corrected chi connectivity index (χ0v) is 15.6. The van der Waals surface area contributed by atoms with Gasteiger partial charge < -0.3 is 16.4 Å². The molecule has 7 heteroatoms. The highest BCUT2D eigenvalue weighted by Crippen LogP contribution is 2.21. The highest BCUT2D eigenvalue weighted by molar-refractivity contribution is 5.90. The van der Waals surface area contributed by atoms with E-state index >= 15 is 0 Å². The third kappa shape index (κ3) is 5.20. The van der Waals surface area contributed by atoms with Crippen molar-refractivity contribution in [3.8, 4) is 0 Å². The number of hydrogen-bond donors (Lipinski definition) is 3. The summed E-state index contributed by atoms with van der Waals surface area (Å²) in [6, 6.07) is 18.1. The molecule has 0 spiro atoms. The number of aromatic nitrogens is 2. The van der Waals surface area contributed by atoms with Gasteiger partial charge >= 0.3 is 6.03 Å². The van der Waals surface area contributed by atoms with Crippen LogP contribution in [-0.2, 0) is 11.3 Å². The van der Waals surface area contributed by atoms with Crippen molar-refractivity contribution >= 4 is 17.8 Å². The molecular formula is C21H23N5O2. The summed E-state index contributed by atoms with van der Waals surface area (Å²) in [4.78, 5) is 23.9. The predicted molar refractivity (Wildman–Crippen MR) is 108 cm³/mol. The quantitative estimate of drug-likeness (QED) is 0.590. The van der Waals surface area contributed by atoms with Gasteiger partial charge in [-0.15, -0.1) is 0 Å². The molecule has 0 saturated heterocycles. The molecule has 1 atom stereocenters. The van der Waals surface area contributed by atoms with Gasteiger partial charge in [0.15, 0.2) is 5.82 Å². The van der Waals surface area contributed by atoms with E-state index in [0.29, 0.717) is 12.4 Å². The maximum absolute atomic E-state index is 12.5. The number of amides is 3. The van der Waals surface area contributed by atoms with Gasteiger partial charge in [0.2, 0.25) is 5.91 Å². The lowest BCUT2D eigenvalue weighted by atomic mass is 9.98. The summed E-state index contributed by atoms with van der Waals surface area (Å²) >= 11 is 0. The minimum absolute atomic E-state index is 0.0549. The normalized spacial score (nSPS) is 11.6. The van der Waals surface area contributed by atoms with Gasteiger partial charge in [0, 0.05) is 12.3 Å². The number of hydrogen-bond acceptors (Lipinski definition) is 3. The van der Waals surface area contributed by atoms with E-state index in [9.17, 15) is 9.59 Å². The summed E-state index contributed by atoms with van der Waals surface area (Å²) in [5.41, 5.74) is 8.23. The van der Waals surface area contributed by atoms with Crippen LogP contribution in [0.2, 0.25) is 0 Å². The number of aryl methyl sites for hydroxylation is 1. The van der Waals surface area contributed by atoms with Crippen LogP contribution in [0.4, 0.5) is 10.6 Å². The second kappa shape index (κ2) is 8.85. The van der Waals surface area contributed by atoms with Gasteiger partial charge in [-0.3, -0.25) is 9.48 Å². The SMILES string of the molecule is Cc1ccccc1C(CC(=O)Nc1ccn(Cc2ccccc2)n1)NC(N)=O. The number of carbonyl (C=O) groups is 2. The Labute approximate surface area is 163 Å². The lowest BCUT2D eigenvalue weighted by Gasteiger charge is -2.19. The fraction of sp³-hybridized carbons (Fsp3) is 0.190. The number of primary amides is 1. The molecule has 7 nitrogen and oxygen atoms in total. The summed E-state index contributed by atoms with van der Waals surface area (Å²) in [7, 11) is 0. The van der Waals surface area contributed by atoms with E-state index in [-0.39, 0.29) is 12.3 Å². The van der Waals surface area contributed by atoms with Crippen molar-refractivity contribution < 1.29 is 9.59 Å². The summed E-state index contributed by atoms with van der Waals surface area (Å²) in [6.07, 6.45) is 1.86. The molecule has 2 aromatic carbocycles. The number of anilines is 1. The fourth-order valence-corrected chi connectivity index (χ4v) is 3.05. The third-order valence-corrected chi connectivity index (χ3v) is 4.37. The first kappa shape index (κ1) is 19.2. The first-order chi connectivity index (χ1) is 13.5. The number of benzene rings is 2. The molecule has 0 fully saturated rings. The van der Waals surface area contributed by atoms with Gasteiger partial charge in [0.05, 0.1) is 19.0 Å². The van der Waals surface area contributed by atoms with Crippen molar-refractivity contribution in [3.05, 3.63) is 83.6 Å². The lowest BCUT2D eigenvalue weighted by Crippen LogP contribution is -2.35. The zero-order chi connectivity index (χ0) is 19.9. The molecule has 0 saturated carbocycles. The van der Waals surface area contributed by atoms with Crippen LogP contribution in [0.15, 0.2) is 66.9 Å². The Morgan fingerprint density at radius 2 is 1.79 bits per heavy atom. The third-order valence-electron chi connectivity index (χ3n) is 4.37. The van der Waals surface area contributed by atoms with Gasteiger partial charge in [-0.25, -0.2) is 4.79 Å². The molecule has 0 aliphatic carbocycles. The largest absolute Gasteiger partial charge is 0.352 e. The summed E-state index contributed by atoms with van der Waals surface area (Å²) in [6.45, 7) is 2.54. The van der Waals surface area contributed by atoms with Gasteiger partial charge in [0.1, 0.15) is 0 Å². The number of rotatable bonds is 7. The highest BCUT2D eigenvalue weighted by atomic mass is 16.2. The van der Waals surface area contributed by atoms with Crippen molar-refractivity contribution in [3.63, 3.8) is 0 Å². The topological polar surface area (TPSA) is 102 Å². The number of nitrogens with two attached hydrogens (primary N) is 1. The minimum Gasteiger partial charge on any atom is -0.352 e. The van der Waals surface area contributed by atoms with E-state index < -0.39 is 12.1 Å². The second-order valence-electron chi connectivity index (χ2n) is 6.55. The average molecular weight is 377 g/mol. The van der Waals surface area contributed by atoms with Crippen molar-refractivity contribution in [2.24, 2.45) is 5.73 Å². The molecule has 0 aliphatic heterocycles. The predicted octanol–water partition coefficient (Wildman–Crippen LogP) is 2.98. The standard InChI is InChI=1S/C21H23N5O2/c1-15-7-5-6-10-17(15)18(23-21(22)28)13-20(27)24-19-11-12-26(25-19)14-16-8-3-2-4-9-16/h2-12,18H,13-14H2,1H3,(H3,22,23,28)(H,24,25,27). The number of nitrogens with zero attached hydrogens (tertiary/aromatic N) is 2. The van der Waals surface area contributed by atoms with Crippen LogP contribution in [0.5, 0.6) is 0 Å². The van der Waals surface area contributed by atoms with E-state index in [1.165, 1.54) is 0 Å². The Hall–Kier alpha value is -3.61. The molecule has 3 aromatic rings. The van der Waals surface area contributed by atoms with Crippen molar-refractivity contribution in [1.29, 1.82) is 0 Å². The number of urea groups is 1. The van der Waals surface area contributed by atoms with E-state index in [0.717, 1.165) is 16.7 Å². The maximum Gasteiger partial charge on any atom is 0.312 e. The highest BCUT2D eigenvalue weighted by Gasteiger charge is 2.19. The molecule has 1 unspecified atom stereocenters. The maximum atomic E-state index is 12.5. The minimum atomic E-state index is -0.673. The first-order valence-corrected chi connectivity index (χ1v) is 9.00. The van der Waals surface area contributed by atoms with Crippen molar-refractivity contribution in [1.82, 2.24) is 15.1 Å². The number of carbonyl (C=O) groups excluding carboxylic acids is 2. The molecule has 0 aliphatic rings. The van der Waals surface area contributed by atoms with Gasteiger partial charge in [0.25, 0.3) is 0 Å². The number of nitrogens with one attached hydrogen (secondary N) is 2. The van der Waals surface area contributed by atoms with E-state index in [2.05, 4.69) is 15.7 Å². The Morgan fingerprint density at radius 3 is 2.50 bits per heavy atom. The fourth-order valence-electron chi connectivity index (χ4n) is 3.05. The van der Waals surface area contributed by atoms with Crippen LogP contribution in [0, 0.1) is 6.92 Å². The summed E-state index contributed by atoms with van der Waals surface area (Å²) < 4.78 is 1.76. The van der Waals surface area contributed by atoms with E-state index in [4.69, 9.17) is 5.73 Å². The average Bonchev–Trinajstić information content (AvgIpc) is 3.08. The van der Waals surface area contributed by atoms with Gasteiger partial charge in [-0.05, 0) is 23.6 Å². The first-order valence-electron chi connectivity index (χ1n) is 9.00.